The molecule has 6 rings (SSSR count). The third-order valence-corrected chi connectivity index (χ3v) is 9.42. The first-order chi connectivity index (χ1) is 18.4. The second-order valence-corrected chi connectivity index (χ2v) is 11.6. The summed E-state index contributed by atoms with van der Waals surface area (Å²) in [6.07, 6.45) is 7.14. The van der Waals surface area contributed by atoms with Crippen LogP contribution in [0.15, 0.2) is 102 Å². The minimum Gasteiger partial charge on any atom is -0.258 e. The molecule has 5 nitrogen and oxygen atoms in total. The van der Waals surface area contributed by atoms with Gasteiger partial charge in [-0.05, 0) is 93.6 Å². The zero-order chi connectivity index (χ0) is 26.4. The highest BCUT2D eigenvalue weighted by Crippen LogP contribution is 2.46. The van der Waals surface area contributed by atoms with Crippen LogP contribution < -0.4 is 0 Å². The van der Waals surface area contributed by atoms with Gasteiger partial charge < -0.3 is 0 Å². The van der Waals surface area contributed by atoms with Gasteiger partial charge >= 0.3 is 0 Å². The fraction of sp³-hybridized carbons (Fsp3) is 0.125. The maximum absolute atomic E-state index is 14.3. The molecule has 4 aromatic rings. The molecule has 0 N–H and O–H groups in total. The maximum Gasteiger partial charge on any atom is 0.269 e. The lowest BCUT2D eigenvalue weighted by atomic mass is 9.83. The van der Waals surface area contributed by atoms with E-state index in [0.717, 1.165) is 57.9 Å². The van der Waals surface area contributed by atoms with Gasteiger partial charge in [0.15, 0.2) is 0 Å². The molecule has 188 valence electrons. The molecule has 0 aromatic heterocycles. The predicted molar refractivity (Wildman–Crippen MR) is 152 cm³/mol. The molecule has 38 heavy (non-hydrogen) atoms. The molecule has 6 heteroatoms. The first-order valence-corrected chi connectivity index (χ1v) is 14.0. The molecule has 0 radical (unpaired) electrons. The molecular formula is C32H25NO4S. The molecule has 0 aliphatic heterocycles. The predicted octanol–water partition coefficient (Wildman–Crippen LogP) is 7.55. The van der Waals surface area contributed by atoms with Crippen molar-refractivity contribution in [3.63, 3.8) is 0 Å². The maximum atomic E-state index is 14.3. The Bertz CT molecular complexity index is 1810. The van der Waals surface area contributed by atoms with Gasteiger partial charge in [0.25, 0.3) is 5.69 Å². The third kappa shape index (κ3) is 3.89. The summed E-state index contributed by atoms with van der Waals surface area (Å²) in [5.74, 6) is 0. The van der Waals surface area contributed by atoms with E-state index >= 15 is 0 Å². The van der Waals surface area contributed by atoms with Crippen molar-refractivity contribution in [2.45, 2.75) is 30.6 Å². The monoisotopic (exact) mass is 519 g/mol. The Morgan fingerprint density at radius 3 is 2.21 bits per heavy atom. The summed E-state index contributed by atoms with van der Waals surface area (Å²) in [5.41, 5.74) is 6.48. The van der Waals surface area contributed by atoms with Crippen LogP contribution in [-0.4, -0.2) is 13.3 Å². The second kappa shape index (κ2) is 9.23. The van der Waals surface area contributed by atoms with Crippen molar-refractivity contribution in [3.8, 4) is 0 Å². The fourth-order valence-electron chi connectivity index (χ4n) is 5.68. The summed E-state index contributed by atoms with van der Waals surface area (Å²) in [6, 6.07) is 23.1. The quantitative estimate of drug-likeness (QED) is 0.158. The van der Waals surface area contributed by atoms with E-state index in [9.17, 15) is 18.5 Å². The first-order valence-electron chi connectivity index (χ1n) is 12.6. The lowest BCUT2D eigenvalue weighted by Gasteiger charge is -2.26. The number of aryl methyl sites for hydroxylation is 1. The third-order valence-electron chi connectivity index (χ3n) is 7.52. The summed E-state index contributed by atoms with van der Waals surface area (Å²) in [7, 11) is -4.00. The van der Waals surface area contributed by atoms with Crippen molar-refractivity contribution in [1.82, 2.24) is 0 Å². The minimum absolute atomic E-state index is 0.0416. The van der Waals surface area contributed by atoms with Crippen LogP contribution in [0.4, 0.5) is 5.69 Å². The van der Waals surface area contributed by atoms with Crippen LogP contribution in [0.5, 0.6) is 0 Å². The van der Waals surface area contributed by atoms with E-state index < -0.39 is 14.8 Å². The average Bonchev–Trinajstić information content (AvgIpc) is 3.13. The van der Waals surface area contributed by atoms with Crippen molar-refractivity contribution in [1.29, 1.82) is 0 Å². The number of allylic oxidation sites excluding steroid dienone is 4. The van der Waals surface area contributed by atoms with Crippen molar-refractivity contribution >= 4 is 42.3 Å². The highest BCUT2D eigenvalue weighted by Gasteiger charge is 2.32. The molecule has 0 saturated heterocycles. The van der Waals surface area contributed by atoms with Crippen molar-refractivity contribution in [2.24, 2.45) is 0 Å². The highest BCUT2D eigenvalue weighted by atomic mass is 32.2. The van der Waals surface area contributed by atoms with Crippen LogP contribution in [0.2, 0.25) is 0 Å². The van der Waals surface area contributed by atoms with Gasteiger partial charge in [0, 0.05) is 12.1 Å². The zero-order valence-electron chi connectivity index (χ0n) is 20.7. The van der Waals surface area contributed by atoms with Gasteiger partial charge in [-0.15, -0.1) is 0 Å². The van der Waals surface area contributed by atoms with Crippen LogP contribution in [0.25, 0.3) is 26.8 Å². The number of rotatable bonds is 4. The normalized spacial score (nSPS) is 15.2. The molecule has 0 heterocycles. The number of hydrogen-bond donors (Lipinski definition) is 0. The van der Waals surface area contributed by atoms with Crippen molar-refractivity contribution < 1.29 is 13.3 Å². The molecule has 0 amide bonds. The summed E-state index contributed by atoms with van der Waals surface area (Å²) >= 11 is 0. The van der Waals surface area contributed by atoms with Gasteiger partial charge in [-0.25, -0.2) is 8.42 Å². The minimum atomic E-state index is -4.00. The lowest BCUT2D eigenvalue weighted by molar-refractivity contribution is -0.384. The number of benzene rings is 4. The van der Waals surface area contributed by atoms with E-state index in [4.69, 9.17) is 0 Å². The van der Waals surface area contributed by atoms with E-state index in [1.165, 1.54) is 29.8 Å². The van der Waals surface area contributed by atoms with Crippen LogP contribution >= 0.6 is 0 Å². The fourth-order valence-corrected chi connectivity index (χ4v) is 7.44. The molecule has 0 fully saturated rings. The SMILES string of the molecule is C=C1CC=CCc2c1cc(C1=C(S(=O)(=O)c3ccc([N+](=O)[O-])cc3)c3ccccc3CC1)c1ccccc21. The van der Waals surface area contributed by atoms with Crippen LogP contribution in [-0.2, 0) is 22.7 Å². The Morgan fingerprint density at radius 1 is 0.763 bits per heavy atom. The number of nitrogens with zero attached hydrogens (tertiary/aromatic N) is 1. The average molecular weight is 520 g/mol. The van der Waals surface area contributed by atoms with Crippen molar-refractivity contribution in [3.05, 3.63) is 136 Å². The van der Waals surface area contributed by atoms with Gasteiger partial charge in [-0.2, -0.15) is 0 Å². The van der Waals surface area contributed by atoms with E-state index in [2.05, 4.69) is 36.9 Å². The number of non-ortho nitro benzene ring substituents is 1. The Kier molecular flexibility index (Phi) is 5.84. The van der Waals surface area contributed by atoms with Gasteiger partial charge in [0.05, 0.1) is 14.7 Å². The summed E-state index contributed by atoms with van der Waals surface area (Å²) in [4.78, 5) is 11.0. The smallest absolute Gasteiger partial charge is 0.258 e. The van der Waals surface area contributed by atoms with Gasteiger partial charge in [-0.1, -0.05) is 67.3 Å². The standard InChI is InChI=1S/C32H25NO4S/c1-21-8-2-4-12-27-26-11-6-7-13-28(26)31(20-30(21)27)29-19-14-22-9-3-5-10-25(22)32(29)38(36,37)24-17-15-23(16-18-24)33(34)35/h2-7,9-11,13,15-18,20H,1,8,12,14,19H2. The topological polar surface area (TPSA) is 77.3 Å². The molecule has 0 saturated carbocycles. The number of nitro benzene ring substituents is 1. The number of hydrogen-bond acceptors (Lipinski definition) is 4. The van der Waals surface area contributed by atoms with Crippen LogP contribution in [0.1, 0.15) is 40.7 Å². The Labute approximate surface area is 221 Å². The molecule has 0 bridgehead atoms. The zero-order valence-corrected chi connectivity index (χ0v) is 21.5. The highest BCUT2D eigenvalue weighted by molar-refractivity contribution is 8.01. The Morgan fingerprint density at radius 2 is 1.45 bits per heavy atom. The van der Waals surface area contributed by atoms with Gasteiger partial charge in [0.2, 0.25) is 9.84 Å². The first kappa shape index (κ1) is 24.1. The summed E-state index contributed by atoms with van der Waals surface area (Å²) < 4.78 is 28.6. The second-order valence-electron chi connectivity index (χ2n) is 9.70. The largest absolute Gasteiger partial charge is 0.269 e. The molecule has 0 spiro atoms. The van der Waals surface area contributed by atoms with E-state index in [0.29, 0.717) is 12.0 Å². The molecule has 2 aliphatic rings. The number of fused-ring (bicyclic) bond motifs is 4. The van der Waals surface area contributed by atoms with Crippen LogP contribution in [0, 0.1) is 10.1 Å². The van der Waals surface area contributed by atoms with Crippen LogP contribution in [0.3, 0.4) is 0 Å². The molecule has 0 atom stereocenters. The molecule has 2 aliphatic carbocycles. The van der Waals surface area contributed by atoms with E-state index in [-0.39, 0.29) is 15.5 Å². The van der Waals surface area contributed by atoms with E-state index in [1.807, 2.05) is 36.4 Å². The molecular weight excluding hydrogens is 494 g/mol. The lowest BCUT2D eigenvalue weighted by Crippen LogP contribution is -2.14. The summed E-state index contributed by atoms with van der Waals surface area (Å²) in [6.45, 7) is 4.34. The van der Waals surface area contributed by atoms with Gasteiger partial charge in [-0.3, -0.25) is 10.1 Å². The number of sulfone groups is 1. The molecule has 4 aromatic carbocycles. The molecule has 0 unspecified atom stereocenters. The number of nitro groups is 1. The van der Waals surface area contributed by atoms with Crippen molar-refractivity contribution in [2.75, 3.05) is 0 Å². The Balaban J connectivity index is 1.68. The van der Waals surface area contributed by atoms with E-state index in [1.54, 1.807) is 0 Å². The Hall–Kier alpha value is -4.29. The summed E-state index contributed by atoms with van der Waals surface area (Å²) in [5, 5.41) is 13.3. The van der Waals surface area contributed by atoms with Gasteiger partial charge in [0.1, 0.15) is 0 Å².